The van der Waals surface area contributed by atoms with Crippen LogP contribution in [0.15, 0.2) is 0 Å². The van der Waals surface area contributed by atoms with Crippen LogP contribution in [0.2, 0.25) is 0 Å². The maximum Gasteiger partial charge on any atom is 0.240 e. The van der Waals surface area contributed by atoms with Crippen molar-refractivity contribution < 1.29 is 9.59 Å². The summed E-state index contributed by atoms with van der Waals surface area (Å²) in [6, 6.07) is -0.667. The minimum atomic E-state index is -0.738. The van der Waals surface area contributed by atoms with E-state index in [0.29, 0.717) is 12.8 Å². The Balaban J connectivity index is 2.70. The molecule has 1 aliphatic rings. The fourth-order valence-corrected chi connectivity index (χ4v) is 1.85. The van der Waals surface area contributed by atoms with Crippen molar-refractivity contribution in [2.24, 2.45) is 22.8 Å². The molecule has 2 amide bonds. The first-order chi connectivity index (χ1) is 7.31. The third-order valence-electron chi connectivity index (χ3n) is 2.92. The number of carbonyl (C=O) groups excluding carboxylic acids is 2. The molecule has 0 spiro atoms. The molecule has 0 aromatic rings. The Morgan fingerprint density at radius 3 is 2.06 bits per heavy atom. The maximum atomic E-state index is 11.9. The van der Waals surface area contributed by atoms with Crippen LogP contribution in [-0.2, 0) is 9.59 Å². The molecule has 1 unspecified atom stereocenters. The van der Waals surface area contributed by atoms with Gasteiger partial charge in [-0.3, -0.25) is 9.59 Å². The van der Waals surface area contributed by atoms with E-state index in [1.807, 2.05) is 13.8 Å². The number of thiocarbonyl (C=S) groups is 1. The fraction of sp³-hybridized carbons (Fsp3) is 0.700. The lowest BCUT2D eigenvalue weighted by atomic mass is 10.0. The van der Waals surface area contributed by atoms with Crippen molar-refractivity contribution in [3.05, 3.63) is 0 Å². The summed E-state index contributed by atoms with van der Waals surface area (Å²) in [6.07, 6.45) is 1.30. The second-order valence-electron chi connectivity index (χ2n) is 4.54. The smallest absolute Gasteiger partial charge is 0.240 e. The van der Waals surface area contributed by atoms with Crippen molar-refractivity contribution in [2.45, 2.75) is 32.7 Å². The molecule has 90 valence electrons. The maximum absolute atomic E-state index is 11.9. The number of amides is 2. The molecule has 1 rings (SSSR count). The zero-order chi connectivity index (χ0) is 12.5. The number of primary amides is 1. The van der Waals surface area contributed by atoms with E-state index in [-0.39, 0.29) is 16.8 Å². The number of carbonyl (C=O) groups is 2. The van der Waals surface area contributed by atoms with E-state index in [0.717, 1.165) is 0 Å². The molecule has 0 radical (unpaired) electrons. The minimum absolute atomic E-state index is 0.0522. The molecule has 0 heterocycles. The van der Waals surface area contributed by atoms with Crippen LogP contribution in [0, 0.1) is 11.3 Å². The van der Waals surface area contributed by atoms with Crippen molar-refractivity contribution in [1.29, 1.82) is 0 Å². The molecular weight excluding hydrogens is 226 g/mol. The van der Waals surface area contributed by atoms with Crippen LogP contribution in [0.3, 0.4) is 0 Å². The van der Waals surface area contributed by atoms with E-state index in [1.54, 1.807) is 0 Å². The van der Waals surface area contributed by atoms with Gasteiger partial charge >= 0.3 is 0 Å². The van der Waals surface area contributed by atoms with Gasteiger partial charge in [-0.25, -0.2) is 0 Å². The van der Waals surface area contributed by atoms with Gasteiger partial charge in [0.15, 0.2) is 0 Å². The number of hydrogen-bond donors (Lipinski definition) is 3. The monoisotopic (exact) mass is 243 g/mol. The molecule has 5 nitrogen and oxygen atoms in total. The SMILES string of the molecule is CC(C)C(NC(=O)C1(C(N)=S)CC1)C(N)=O. The summed E-state index contributed by atoms with van der Waals surface area (Å²) in [4.78, 5) is 23.2. The fourth-order valence-electron chi connectivity index (χ4n) is 1.56. The van der Waals surface area contributed by atoms with Crippen molar-refractivity contribution >= 4 is 29.0 Å². The van der Waals surface area contributed by atoms with Gasteiger partial charge in [0.25, 0.3) is 0 Å². The van der Waals surface area contributed by atoms with E-state index < -0.39 is 17.4 Å². The highest BCUT2D eigenvalue weighted by atomic mass is 32.1. The Kier molecular flexibility index (Phi) is 3.52. The summed E-state index contributed by atoms with van der Waals surface area (Å²) in [5, 5.41) is 2.62. The van der Waals surface area contributed by atoms with Gasteiger partial charge in [0.05, 0.1) is 10.4 Å². The summed E-state index contributed by atoms with van der Waals surface area (Å²) >= 11 is 4.86. The second-order valence-corrected chi connectivity index (χ2v) is 4.98. The molecular formula is C10H17N3O2S. The lowest BCUT2D eigenvalue weighted by Crippen LogP contribution is -2.51. The highest BCUT2D eigenvalue weighted by molar-refractivity contribution is 7.80. The van der Waals surface area contributed by atoms with Crippen LogP contribution in [0.25, 0.3) is 0 Å². The van der Waals surface area contributed by atoms with Gasteiger partial charge < -0.3 is 16.8 Å². The van der Waals surface area contributed by atoms with Crippen LogP contribution in [-0.4, -0.2) is 22.8 Å². The zero-order valence-corrected chi connectivity index (χ0v) is 10.3. The first-order valence-corrected chi connectivity index (χ1v) is 5.62. The van der Waals surface area contributed by atoms with Gasteiger partial charge in [-0.2, -0.15) is 0 Å². The van der Waals surface area contributed by atoms with Gasteiger partial charge in [-0.1, -0.05) is 26.1 Å². The number of nitrogens with one attached hydrogen (secondary N) is 1. The topological polar surface area (TPSA) is 98.2 Å². The van der Waals surface area contributed by atoms with E-state index in [4.69, 9.17) is 23.7 Å². The molecule has 0 aromatic carbocycles. The predicted molar refractivity (Wildman–Crippen MR) is 64.4 cm³/mol. The highest BCUT2D eigenvalue weighted by Crippen LogP contribution is 2.46. The Hall–Kier alpha value is -1.17. The summed E-state index contributed by atoms with van der Waals surface area (Å²) in [5.41, 5.74) is 9.99. The van der Waals surface area contributed by atoms with E-state index in [2.05, 4.69) is 5.32 Å². The molecule has 6 heteroatoms. The van der Waals surface area contributed by atoms with Crippen molar-refractivity contribution in [2.75, 3.05) is 0 Å². The van der Waals surface area contributed by atoms with Gasteiger partial charge in [-0.05, 0) is 18.8 Å². The molecule has 0 bridgehead atoms. The Bertz CT molecular complexity index is 337. The highest BCUT2D eigenvalue weighted by Gasteiger charge is 2.53. The normalized spacial score (nSPS) is 18.9. The van der Waals surface area contributed by atoms with Gasteiger partial charge in [-0.15, -0.1) is 0 Å². The molecule has 0 aliphatic heterocycles. The molecule has 1 atom stereocenters. The predicted octanol–water partition coefficient (Wildman–Crippen LogP) is -0.321. The molecule has 1 fully saturated rings. The average molecular weight is 243 g/mol. The average Bonchev–Trinajstić information content (AvgIpc) is 2.92. The van der Waals surface area contributed by atoms with Crippen LogP contribution >= 0.6 is 12.2 Å². The van der Waals surface area contributed by atoms with Crippen molar-refractivity contribution in [3.8, 4) is 0 Å². The van der Waals surface area contributed by atoms with Crippen LogP contribution in [0.5, 0.6) is 0 Å². The molecule has 0 saturated heterocycles. The summed E-state index contributed by atoms with van der Waals surface area (Å²) in [6.45, 7) is 3.63. The molecule has 1 saturated carbocycles. The van der Waals surface area contributed by atoms with Gasteiger partial charge in [0, 0.05) is 0 Å². The van der Waals surface area contributed by atoms with Crippen LogP contribution < -0.4 is 16.8 Å². The standard InChI is InChI=1S/C10H17N3O2S/c1-5(2)6(7(11)14)13-9(15)10(3-4-10)8(12)16/h5-6H,3-4H2,1-2H3,(H2,11,14)(H2,12,16)(H,13,15). The zero-order valence-electron chi connectivity index (χ0n) is 9.45. The van der Waals surface area contributed by atoms with Crippen molar-refractivity contribution in [3.63, 3.8) is 0 Å². The minimum Gasteiger partial charge on any atom is -0.392 e. The summed E-state index contributed by atoms with van der Waals surface area (Å²) in [5.74, 6) is -0.872. The first kappa shape index (κ1) is 12.9. The number of nitrogens with two attached hydrogens (primary N) is 2. The van der Waals surface area contributed by atoms with Gasteiger partial charge in [0.1, 0.15) is 6.04 Å². The molecule has 16 heavy (non-hydrogen) atoms. The van der Waals surface area contributed by atoms with E-state index in [1.165, 1.54) is 0 Å². The van der Waals surface area contributed by atoms with E-state index in [9.17, 15) is 9.59 Å². The molecule has 5 N–H and O–H groups in total. The Morgan fingerprint density at radius 1 is 1.31 bits per heavy atom. The third kappa shape index (κ3) is 2.32. The summed E-state index contributed by atoms with van der Waals surface area (Å²) in [7, 11) is 0. The number of hydrogen-bond acceptors (Lipinski definition) is 3. The lowest BCUT2D eigenvalue weighted by Gasteiger charge is -2.22. The Morgan fingerprint density at radius 2 is 1.81 bits per heavy atom. The Labute approximate surface area is 99.9 Å². The van der Waals surface area contributed by atoms with Crippen LogP contribution in [0.1, 0.15) is 26.7 Å². The summed E-state index contributed by atoms with van der Waals surface area (Å²) < 4.78 is 0. The lowest BCUT2D eigenvalue weighted by molar-refractivity contribution is -0.130. The quantitative estimate of drug-likeness (QED) is 0.576. The molecule has 0 aromatic heterocycles. The molecule has 1 aliphatic carbocycles. The second kappa shape index (κ2) is 4.37. The van der Waals surface area contributed by atoms with Crippen molar-refractivity contribution in [1.82, 2.24) is 5.32 Å². The van der Waals surface area contributed by atoms with Gasteiger partial charge in [0.2, 0.25) is 11.8 Å². The van der Waals surface area contributed by atoms with Crippen LogP contribution in [0.4, 0.5) is 0 Å². The third-order valence-corrected chi connectivity index (χ3v) is 3.31. The number of rotatable bonds is 5. The largest absolute Gasteiger partial charge is 0.392 e. The first-order valence-electron chi connectivity index (χ1n) is 5.21. The van der Waals surface area contributed by atoms with E-state index >= 15 is 0 Å².